The molecule has 2 aliphatic heterocycles. The van der Waals surface area contributed by atoms with E-state index in [0.29, 0.717) is 25.8 Å². The number of esters is 1. The molecule has 2 N–H and O–H groups in total. The maximum atomic E-state index is 13.5. The molecular formula is C24H35N3O7S. The number of fused-ring (bicyclic) bond motifs is 1. The number of carboxylic acids is 1. The third-order valence-electron chi connectivity index (χ3n) is 6.87. The third kappa shape index (κ3) is 6.59. The van der Waals surface area contributed by atoms with Crippen LogP contribution in [0.5, 0.6) is 0 Å². The minimum atomic E-state index is -3.47. The van der Waals surface area contributed by atoms with Crippen molar-refractivity contribution in [3.05, 3.63) is 35.9 Å². The molecule has 0 bridgehead atoms. The van der Waals surface area contributed by atoms with E-state index in [1.807, 2.05) is 30.3 Å². The number of aryl methyl sites for hydroxylation is 1. The Labute approximate surface area is 206 Å². The van der Waals surface area contributed by atoms with Crippen LogP contribution in [0.15, 0.2) is 30.3 Å². The van der Waals surface area contributed by atoms with Crippen LogP contribution in [0, 0.1) is 5.92 Å². The summed E-state index contributed by atoms with van der Waals surface area (Å²) < 4.78 is 30.7. The molecule has 2 fully saturated rings. The van der Waals surface area contributed by atoms with E-state index in [-0.39, 0.29) is 25.5 Å². The lowest BCUT2D eigenvalue weighted by Gasteiger charge is -2.39. The summed E-state index contributed by atoms with van der Waals surface area (Å²) in [6, 6.07) is 6.45. The highest BCUT2D eigenvalue weighted by molar-refractivity contribution is 7.88. The Hall–Kier alpha value is -2.50. The van der Waals surface area contributed by atoms with Gasteiger partial charge in [-0.05, 0) is 51.0 Å². The van der Waals surface area contributed by atoms with Crippen LogP contribution >= 0.6 is 0 Å². The van der Waals surface area contributed by atoms with Crippen LogP contribution < -0.4 is 5.32 Å². The molecule has 1 amide bonds. The van der Waals surface area contributed by atoms with E-state index in [1.165, 1.54) is 9.21 Å². The second-order valence-electron chi connectivity index (χ2n) is 9.29. The fourth-order valence-corrected chi connectivity index (χ4v) is 5.94. The van der Waals surface area contributed by atoms with Gasteiger partial charge in [0.05, 0.1) is 18.9 Å². The number of sulfonamides is 1. The summed E-state index contributed by atoms with van der Waals surface area (Å²) in [4.78, 5) is 39.5. The zero-order valence-corrected chi connectivity index (χ0v) is 21.2. The number of nitrogens with zero attached hydrogens (tertiary/aromatic N) is 2. The van der Waals surface area contributed by atoms with Crippen LogP contribution in [-0.4, -0.2) is 90.7 Å². The lowest BCUT2D eigenvalue weighted by atomic mass is 9.92. The zero-order valence-electron chi connectivity index (χ0n) is 20.4. The number of amides is 1. The topological polar surface area (TPSA) is 133 Å². The van der Waals surface area contributed by atoms with Crippen molar-refractivity contribution >= 4 is 27.9 Å². The van der Waals surface area contributed by atoms with Gasteiger partial charge >= 0.3 is 11.9 Å². The molecule has 1 aromatic carbocycles. The maximum absolute atomic E-state index is 13.5. The SMILES string of the molecule is CCOC(=O)[C@H](CCc1ccccc1)N[C@H](C)C(=O)N1[C@H](C(=O)O)C[C@@H]2CCN(S(C)(=O)=O)C[C@@H]21. The van der Waals surface area contributed by atoms with Crippen LogP contribution in [0.25, 0.3) is 0 Å². The van der Waals surface area contributed by atoms with Crippen molar-refractivity contribution in [3.63, 3.8) is 0 Å². The number of piperidine rings is 1. The molecule has 0 aromatic heterocycles. The second kappa shape index (κ2) is 11.5. The minimum absolute atomic E-state index is 0.0705. The van der Waals surface area contributed by atoms with Crippen LogP contribution in [0.1, 0.15) is 38.7 Å². The van der Waals surface area contributed by atoms with Crippen LogP contribution in [0.4, 0.5) is 0 Å². The van der Waals surface area contributed by atoms with Crippen molar-refractivity contribution in [1.82, 2.24) is 14.5 Å². The average Bonchev–Trinajstić information content (AvgIpc) is 3.20. The smallest absolute Gasteiger partial charge is 0.326 e. The normalized spacial score (nSPS) is 24.4. The Morgan fingerprint density at radius 2 is 1.91 bits per heavy atom. The maximum Gasteiger partial charge on any atom is 0.326 e. The van der Waals surface area contributed by atoms with Crippen LogP contribution in [-0.2, 0) is 35.6 Å². The van der Waals surface area contributed by atoms with Gasteiger partial charge in [0.25, 0.3) is 0 Å². The van der Waals surface area contributed by atoms with Crippen LogP contribution in [0.2, 0.25) is 0 Å². The van der Waals surface area contributed by atoms with E-state index in [2.05, 4.69) is 5.32 Å². The molecule has 0 spiro atoms. The molecule has 2 heterocycles. The Balaban J connectivity index is 1.76. The summed E-state index contributed by atoms with van der Waals surface area (Å²) in [5, 5.41) is 12.9. The number of carbonyl (C=O) groups is 3. The lowest BCUT2D eigenvalue weighted by molar-refractivity contribution is -0.152. The lowest BCUT2D eigenvalue weighted by Crippen LogP contribution is -2.58. The quantitative estimate of drug-likeness (QED) is 0.444. The number of aliphatic carboxylic acids is 1. The number of likely N-dealkylation sites (tertiary alicyclic amines) is 1. The van der Waals surface area contributed by atoms with Crippen LogP contribution in [0.3, 0.4) is 0 Å². The second-order valence-corrected chi connectivity index (χ2v) is 11.3. The Morgan fingerprint density at radius 1 is 1.23 bits per heavy atom. The van der Waals surface area contributed by atoms with Gasteiger partial charge < -0.3 is 14.7 Å². The number of benzene rings is 1. The zero-order chi connectivity index (χ0) is 25.8. The molecule has 0 unspecified atom stereocenters. The van der Waals surface area contributed by atoms with Crippen molar-refractivity contribution in [2.24, 2.45) is 5.92 Å². The number of carboxylic acid groups (broad SMARTS) is 1. The van der Waals surface area contributed by atoms with Gasteiger partial charge in [0.1, 0.15) is 12.1 Å². The molecule has 2 saturated heterocycles. The van der Waals surface area contributed by atoms with Gasteiger partial charge in [-0.25, -0.2) is 17.5 Å². The van der Waals surface area contributed by atoms with Gasteiger partial charge in [-0.2, -0.15) is 0 Å². The van der Waals surface area contributed by atoms with Crippen molar-refractivity contribution in [1.29, 1.82) is 0 Å². The van der Waals surface area contributed by atoms with E-state index in [0.717, 1.165) is 11.8 Å². The monoisotopic (exact) mass is 509 g/mol. The van der Waals surface area contributed by atoms with Crippen molar-refractivity contribution in [2.45, 2.75) is 63.7 Å². The van der Waals surface area contributed by atoms with Gasteiger partial charge in [0.15, 0.2) is 0 Å². The molecule has 35 heavy (non-hydrogen) atoms. The molecule has 0 aliphatic carbocycles. The van der Waals surface area contributed by atoms with E-state index >= 15 is 0 Å². The standard InChI is InChI=1S/C24H35N3O7S/c1-4-34-24(31)19(11-10-17-8-6-5-7-9-17)25-16(2)22(28)27-20(23(29)30)14-18-12-13-26(15-21(18)27)35(3,32)33/h5-9,16,18-21,25H,4,10-15H2,1-3H3,(H,29,30)/t16-,18+,19+,20+,21+/m1/s1. The van der Waals surface area contributed by atoms with Gasteiger partial charge in [-0.15, -0.1) is 0 Å². The third-order valence-corrected chi connectivity index (χ3v) is 8.14. The first-order valence-electron chi connectivity index (χ1n) is 12.0. The molecule has 0 saturated carbocycles. The number of carbonyl (C=O) groups excluding carboxylic acids is 2. The summed E-state index contributed by atoms with van der Waals surface area (Å²) in [5.74, 6) is -2.14. The summed E-state index contributed by atoms with van der Waals surface area (Å²) in [7, 11) is -3.47. The molecular weight excluding hydrogens is 474 g/mol. The average molecular weight is 510 g/mol. The summed E-state index contributed by atoms with van der Waals surface area (Å²) in [6.45, 7) is 3.89. The molecule has 0 radical (unpaired) electrons. The van der Waals surface area contributed by atoms with Gasteiger partial charge in [0, 0.05) is 19.1 Å². The van der Waals surface area contributed by atoms with Gasteiger partial charge in [0.2, 0.25) is 15.9 Å². The first-order chi connectivity index (χ1) is 16.5. The predicted octanol–water partition coefficient (Wildman–Crippen LogP) is 0.865. The first kappa shape index (κ1) is 27.1. The molecule has 2 aliphatic rings. The molecule has 1 aromatic rings. The predicted molar refractivity (Wildman–Crippen MR) is 129 cm³/mol. The van der Waals surface area contributed by atoms with E-state index in [1.54, 1.807) is 13.8 Å². The molecule has 10 nitrogen and oxygen atoms in total. The summed E-state index contributed by atoms with van der Waals surface area (Å²) >= 11 is 0. The number of rotatable bonds is 10. The van der Waals surface area contributed by atoms with Crippen molar-refractivity contribution in [2.75, 3.05) is 26.0 Å². The van der Waals surface area contributed by atoms with Gasteiger partial charge in [-0.1, -0.05) is 30.3 Å². The number of hydrogen-bond acceptors (Lipinski definition) is 7. The van der Waals surface area contributed by atoms with Crippen molar-refractivity contribution in [3.8, 4) is 0 Å². The highest BCUT2D eigenvalue weighted by atomic mass is 32.2. The molecule has 11 heteroatoms. The Kier molecular flexibility index (Phi) is 8.89. The van der Waals surface area contributed by atoms with E-state index in [9.17, 15) is 27.9 Å². The molecule has 3 rings (SSSR count). The summed E-state index contributed by atoms with van der Waals surface area (Å²) in [5.41, 5.74) is 1.04. The number of hydrogen-bond donors (Lipinski definition) is 2. The first-order valence-corrected chi connectivity index (χ1v) is 13.8. The fourth-order valence-electron chi connectivity index (χ4n) is 5.08. The van der Waals surface area contributed by atoms with Gasteiger partial charge in [-0.3, -0.25) is 14.9 Å². The fraction of sp³-hybridized carbons (Fsp3) is 0.625. The van der Waals surface area contributed by atoms with E-state index in [4.69, 9.17) is 4.74 Å². The van der Waals surface area contributed by atoms with Crippen molar-refractivity contribution < 1.29 is 32.6 Å². The summed E-state index contributed by atoms with van der Waals surface area (Å²) in [6.07, 6.45) is 2.88. The highest BCUT2D eigenvalue weighted by Crippen LogP contribution is 2.37. The Bertz CT molecular complexity index is 1020. The molecule has 194 valence electrons. The largest absolute Gasteiger partial charge is 0.480 e. The number of nitrogens with one attached hydrogen (secondary N) is 1. The minimum Gasteiger partial charge on any atom is -0.480 e. The molecule has 5 atom stereocenters. The van der Waals surface area contributed by atoms with E-state index < -0.39 is 52.0 Å². The highest BCUT2D eigenvalue weighted by Gasteiger charge is 2.50. The number of ether oxygens (including phenoxy) is 1. The Morgan fingerprint density at radius 3 is 2.51 bits per heavy atom.